The van der Waals surface area contributed by atoms with Crippen molar-refractivity contribution in [3.05, 3.63) is 0 Å². The van der Waals surface area contributed by atoms with Crippen molar-refractivity contribution >= 4 is 5.97 Å². The van der Waals surface area contributed by atoms with Gasteiger partial charge in [0.05, 0.1) is 12.5 Å². The van der Waals surface area contributed by atoms with E-state index in [1.54, 1.807) is 0 Å². The van der Waals surface area contributed by atoms with E-state index in [-0.39, 0.29) is 18.6 Å². The van der Waals surface area contributed by atoms with Crippen molar-refractivity contribution in [2.75, 3.05) is 20.3 Å². The summed E-state index contributed by atoms with van der Waals surface area (Å²) in [6, 6.07) is 0.212. The van der Waals surface area contributed by atoms with Crippen LogP contribution < -0.4 is 5.32 Å². The van der Waals surface area contributed by atoms with Crippen LogP contribution in [0.5, 0.6) is 0 Å². The fourth-order valence-electron chi connectivity index (χ4n) is 1.07. The van der Waals surface area contributed by atoms with Crippen LogP contribution in [0.2, 0.25) is 0 Å². The highest BCUT2D eigenvalue weighted by Crippen LogP contribution is 2.15. The average molecular weight is 203 g/mol. The fraction of sp³-hybridized carbons (Fsp3) is 0.900. The van der Waals surface area contributed by atoms with E-state index in [4.69, 9.17) is 5.11 Å². The van der Waals surface area contributed by atoms with Gasteiger partial charge in [-0.3, -0.25) is 4.79 Å². The third kappa shape index (κ3) is 4.58. The maximum Gasteiger partial charge on any atom is 0.312 e. The third-order valence-electron chi connectivity index (χ3n) is 2.19. The second-order valence-electron chi connectivity index (χ2n) is 4.17. The van der Waals surface area contributed by atoms with Gasteiger partial charge in [-0.25, -0.2) is 0 Å². The van der Waals surface area contributed by atoms with Gasteiger partial charge in [-0.05, 0) is 27.2 Å². The number of hydrogen-bond acceptors (Lipinski definition) is 4. The molecule has 84 valence electrons. The number of aliphatic hydroxyl groups excluding tert-OH is 1. The van der Waals surface area contributed by atoms with Crippen LogP contribution in [0.25, 0.3) is 0 Å². The van der Waals surface area contributed by atoms with Gasteiger partial charge in [-0.15, -0.1) is 0 Å². The maximum atomic E-state index is 11.3. The molecule has 0 bridgehead atoms. The Balaban J connectivity index is 3.92. The first kappa shape index (κ1) is 13.4. The summed E-state index contributed by atoms with van der Waals surface area (Å²) in [6.07, 6.45) is 0.692. The first-order chi connectivity index (χ1) is 6.44. The van der Waals surface area contributed by atoms with Crippen molar-refractivity contribution < 1.29 is 14.6 Å². The summed E-state index contributed by atoms with van der Waals surface area (Å²) in [5.74, 6) is -0.221. The van der Waals surface area contributed by atoms with Crippen LogP contribution in [-0.2, 0) is 9.53 Å². The topological polar surface area (TPSA) is 58.6 Å². The van der Waals surface area contributed by atoms with Gasteiger partial charge >= 0.3 is 5.97 Å². The van der Waals surface area contributed by atoms with Crippen LogP contribution >= 0.6 is 0 Å². The number of esters is 1. The molecule has 1 atom stereocenters. The monoisotopic (exact) mass is 203 g/mol. The molecule has 0 aromatic rings. The minimum atomic E-state index is -0.515. The minimum Gasteiger partial charge on any atom is -0.469 e. The predicted molar refractivity (Wildman–Crippen MR) is 55.0 cm³/mol. The molecule has 4 nitrogen and oxygen atoms in total. The number of nitrogens with one attached hydrogen (secondary N) is 1. The molecular formula is C10H21NO3. The van der Waals surface area contributed by atoms with E-state index in [0.29, 0.717) is 13.0 Å². The maximum absolute atomic E-state index is 11.3. The van der Waals surface area contributed by atoms with Crippen LogP contribution in [-0.4, -0.2) is 37.4 Å². The van der Waals surface area contributed by atoms with E-state index in [1.165, 1.54) is 7.11 Å². The van der Waals surface area contributed by atoms with E-state index in [1.807, 2.05) is 20.8 Å². The Labute approximate surface area is 85.6 Å². The lowest BCUT2D eigenvalue weighted by atomic mass is 9.93. The molecule has 2 N–H and O–H groups in total. The molecule has 0 rings (SSSR count). The van der Waals surface area contributed by atoms with E-state index in [9.17, 15) is 4.79 Å². The highest BCUT2D eigenvalue weighted by molar-refractivity contribution is 5.76. The van der Waals surface area contributed by atoms with Crippen LogP contribution in [0.3, 0.4) is 0 Å². The molecule has 0 aliphatic rings. The molecule has 0 saturated heterocycles. The lowest BCUT2D eigenvalue weighted by molar-refractivity contribution is -0.150. The molecule has 0 amide bonds. The summed E-state index contributed by atoms with van der Waals surface area (Å²) in [7, 11) is 1.39. The molecule has 0 saturated carbocycles. The van der Waals surface area contributed by atoms with Gasteiger partial charge in [0.25, 0.3) is 0 Å². The normalized spacial score (nSPS) is 13.8. The minimum absolute atomic E-state index is 0.160. The third-order valence-corrected chi connectivity index (χ3v) is 2.19. The van der Waals surface area contributed by atoms with Gasteiger partial charge in [-0.1, -0.05) is 0 Å². The molecule has 0 aliphatic carbocycles. The zero-order chi connectivity index (χ0) is 11.2. The molecule has 4 heteroatoms. The van der Waals surface area contributed by atoms with Crippen molar-refractivity contribution in [1.29, 1.82) is 0 Å². The van der Waals surface area contributed by atoms with E-state index < -0.39 is 5.41 Å². The van der Waals surface area contributed by atoms with Crippen LogP contribution in [0.4, 0.5) is 0 Å². The van der Waals surface area contributed by atoms with Gasteiger partial charge in [-0.2, -0.15) is 0 Å². The lowest BCUT2D eigenvalue weighted by Crippen LogP contribution is -2.40. The summed E-state index contributed by atoms with van der Waals surface area (Å²) >= 11 is 0. The summed E-state index contributed by atoms with van der Waals surface area (Å²) in [4.78, 5) is 11.3. The Morgan fingerprint density at radius 3 is 2.57 bits per heavy atom. The van der Waals surface area contributed by atoms with Crippen LogP contribution in [0.15, 0.2) is 0 Å². The standard InChI is InChI=1S/C10H21NO3/c1-8(5-6-12)11-7-10(2,3)9(13)14-4/h8,11-12H,5-7H2,1-4H3. The van der Waals surface area contributed by atoms with E-state index >= 15 is 0 Å². The smallest absolute Gasteiger partial charge is 0.312 e. The molecule has 0 aliphatic heterocycles. The Hall–Kier alpha value is -0.610. The molecule has 0 spiro atoms. The molecule has 1 unspecified atom stereocenters. The molecule has 14 heavy (non-hydrogen) atoms. The lowest BCUT2D eigenvalue weighted by Gasteiger charge is -2.24. The summed E-state index contributed by atoms with van der Waals surface area (Å²) in [5.41, 5.74) is -0.515. The van der Waals surface area contributed by atoms with Crippen molar-refractivity contribution in [2.24, 2.45) is 5.41 Å². The van der Waals surface area contributed by atoms with Crippen molar-refractivity contribution in [3.63, 3.8) is 0 Å². The first-order valence-corrected chi connectivity index (χ1v) is 4.86. The Morgan fingerprint density at radius 1 is 1.57 bits per heavy atom. The molecule has 0 aromatic heterocycles. The van der Waals surface area contributed by atoms with Crippen molar-refractivity contribution in [3.8, 4) is 0 Å². The number of carbonyl (C=O) groups excluding carboxylic acids is 1. The van der Waals surface area contributed by atoms with Crippen LogP contribution in [0, 0.1) is 5.41 Å². The average Bonchev–Trinajstić information content (AvgIpc) is 2.14. The van der Waals surface area contributed by atoms with Crippen molar-refractivity contribution in [1.82, 2.24) is 5.32 Å². The number of carbonyl (C=O) groups is 1. The first-order valence-electron chi connectivity index (χ1n) is 4.86. The zero-order valence-corrected chi connectivity index (χ0v) is 9.46. The molecule has 0 aromatic carbocycles. The Morgan fingerprint density at radius 2 is 2.14 bits per heavy atom. The summed E-state index contributed by atoms with van der Waals surface area (Å²) < 4.78 is 4.68. The Kier molecular flexibility index (Phi) is 5.72. The number of rotatable bonds is 6. The van der Waals surface area contributed by atoms with Gasteiger partial charge in [0.15, 0.2) is 0 Å². The second-order valence-corrected chi connectivity index (χ2v) is 4.17. The van der Waals surface area contributed by atoms with Gasteiger partial charge in [0, 0.05) is 19.2 Å². The zero-order valence-electron chi connectivity index (χ0n) is 9.46. The molecule has 0 heterocycles. The number of methoxy groups -OCH3 is 1. The van der Waals surface area contributed by atoms with Gasteiger partial charge in [0.1, 0.15) is 0 Å². The number of hydrogen-bond donors (Lipinski definition) is 2. The van der Waals surface area contributed by atoms with Gasteiger partial charge < -0.3 is 15.2 Å². The molecule has 0 fully saturated rings. The summed E-state index contributed by atoms with van der Waals surface area (Å²) in [6.45, 7) is 6.35. The highest BCUT2D eigenvalue weighted by Gasteiger charge is 2.28. The fourth-order valence-corrected chi connectivity index (χ4v) is 1.07. The molecule has 0 radical (unpaired) electrons. The van der Waals surface area contributed by atoms with E-state index in [2.05, 4.69) is 10.1 Å². The SMILES string of the molecule is COC(=O)C(C)(C)CNC(C)CCO. The van der Waals surface area contributed by atoms with E-state index in [0.717, 1.165) is 0 Å². The Bertz CT molecular complexity index is 180. The number of ether oxygens (including phenoxy) is 1. The quantitative estimate of drug-likeness (QED) is 0.619. The largest absolute Gasteiger partial charge is 0.469 e. The van der Waals surface area contributed by atoms with Gasteiger partial charge in [0.2, 0.25) is 0 Å². The number of aliphatic hydroxyl groups is 1. The predicted octanol–water partition coefficient (Wildman–Crippen LogP) is 0.546. The molecular weight excluding hydrogens is 182 g/mol. The second kappa shape index (κ2) is 5.98. The highest BCUT2D eigenvalue weighted by atomic mass is 16.5. The summed E-state index contributed by atoms with van der Waals surface area (Å²) in [5, 5.41) is 11.9. The van der Waals surface area contributed by atoms with Crippen LogP contribution in [0.1, 0.15) is 27.2 Å². The van der Waals surface area contributed by atoms with Crippen molar-refractivity contribution in [2.45, 2.75) is 33.2 Å².